The number of amides is 3. The number of carbonyl (C=O) groups is 3. The predicted octanol–water partition coefficient (Wildman–Crippen LogP) is 2.65. The van der Waals surface area contributed by atoms with Crippen LogP contribution in [0.15, 0.2) is 54.6 Å². The van der Waals surface area contributed by atoms with Crippen molar-refractivity contribution in [3.8, 4) is 21.9 Å². The van der Waals surface area contributed by atoms with Gasteiger partial charge in [0.25, 0.3) is 11.8 Å². The average molecular weight is 437 g/mol. The quantitative estimate of drug-likeness (QED) is 0.548. The Hall–Kier alpha value is -3.85. The van der Waals surface area contributed by atoms with E-state index in [1.165, 1.54) is 11.3 Å². The van der Waals surface area contributed by atoms with Crippen molar-refractivity contribution in [2.45, 2.75) is 0 Å². The third-order valence-electron chi connectivity index (χ3n) is 4.48. The standard InChI is InChI=1S/C22H19N3O5S/c23-20(26)12-24-21(27)13-1-4-15(5-2-13)25-22(28)19-8-7-18(31-19)14-3-6-16-17(11-14)30-10-9-29-16/h1-8,11H,9-10,12H2,(H2,23,26)(H,24,27)(H,25,28). The molecule has 2 aromatic carbocycles. The van der Waals surface area contributed by atoms with Crippen LogP contribution in [-0.4, -0.2) is 37.5 Å². The molecule has 8 nitrogen and oxygen atoms in total. The number of rotatable bonds is 6. The lowest BCUT2D eigenvalue weighted by Crippen LogP contribution is -2.33. The Morgan fingerprint density at radius 3 is 2.39 bits per heavy atom. The smallest absolute Gasteiger partial charge is 0.265 e. The summed E-state index contributed by atoms with van der Waals surface area (Å²) in [5, 5.41) is 5.22. The minimum absolute atomic E-state index is 0.235. The van der Waals surface area contributed by atoms with Crippen molar-refractivity contribution in [1.29, 1.82) is 0 Å². The zero-order chi connectivity index (χ0) is 21.8. The van der Waals surface area contributed by atoms with Gasteiger partial charge in [0.2, 0.25) is 5.91 Å². The summed E-state index contributed by atoms with van der Waals surface area (Å²) in [6, 6.07) is 15.7. The van der Waals surface area contributed by atoms with E-state index in [4.69, 9.17) is 15.2 Å². The Morgan fingerprint density at radius 1 is 0.903 bits per heavy atom. The molecule has 0 spiro atoms. The predicted molar refractivity (Wildman–Crippen MR) is 117 cm³/mol. The lowest BCUT2D eigenvalue weighted by atomic mass is 10.1. The van der Waals surface area contributed by atoms with E-state index in [0.29, 0.717) is 35.1 Å². The molecule has 1 aliphatic rings. The number of nitrogens with two attached hydrogens (primary N) is 1. The molecule has 1 aromatic heterocycles. The number of ether oxygens (including phenoxy) is 2. The summed E-state index contributed by atoms with van der Waals surface area (Å²) in [6.07, 6.45) is 0. The molecule has 9 heteroatoms. The maximum absolute atomic E-state index is 12.6. The molecule has 4 N–H and O–H groups in total. The molecule has 2 heterocycles. The number of nitrogens with one attached hydrogen (secondary N) is 2. The molecule has 158 valence electrons. The molecule has 4 rings (SSSR count). The van der Waals surface area contributed by atoms with E-state index in [-0.39, 0.29) is 12.5 Å². The molecule has 0 saturated heterocycles. The fraction of sp³-hybridized carbons (Fsp3) is 0.136. The van der Waals surface area contributed by atoms with Gasteiger partial charge in [-0.2, -0.15) is 0 Å². The molecule has 1 aliphatic heterocycles. The highest BCUT2D eigenvalue weighted by molar-refractivity contribution is 7.17. The Morgan fingerprint density at radius 2 is 1.65 bits per heavy atom. The third kappa shape index (κ3) is 4.84. The molecule has 3 aromatic rings. The maximum atomic E-state index is 12.6. The van der Waals surface area contributed by atoms with Gasteiger partial charge in [-0.3, -0.25) is 14.4 Å². The largest absolute Gasteiger partial charge is 0.486 e. The molecule has 0 aliphatic carbocycles. The van der Waals surface area contributed by atoms with Crippen molar-refractivity contribution in [3.05, 3.63) is 65.0 Å². The summed E-state index contributed by atoms with van der Waals surface area (Å²) in [5.41, 5.74) is 6.86. The Labute approximate surface area is 182 Å². The Kier molecular flexibility index (Phi) is 5.85. The van der Waals surface area contributed by atoms with Crippen molar-refractivity contribution in [1.82, 2.24) is 5.32 Å². The number of anilines is 1. The van der Waals surface area contributed by atoms with Crippen molar-refractivity contribution in [3.63, 3.8) is 0 Å². The van der Waals surface area contributed by atoms with Crippen LogP contribution in [0.5, 0.6) is 11.5 Å². The van der Waals surface area contributed by atoms with Crippen LogP contribution >= 0.6 is 11.3 Å². The summed E-state index contributed by atoms with van der Waals surface area (Å²) < 4.78 is 11.2. The molecular weight excluding hydrogens is 418 g/mol. The fourth-order valence-electron chi connectivity index (χ4n) is 2.98. The first kappa shape index (κ1) is 20.4. The second-order valence-corrected chi connectivity index (χ2v) is 7.79. The summed E-state index contributed by atoms with van der Waals surface area (Å²) in [4.78, 5) is 36.8. The van der Waals surface area contributed by atoms with Gasteiger partial charge in [0.05, 0.1) is 11.4 Å². The zero-order valence-electron chi connectivity index (χ0n) is 16.3. The van der Waals surface area contributed by atoms with Crippen molar-refractivity contribution in [2.24, 2.45) is 5.73 Å². The highest BCUT2D eigenvalue weighted by atomic mass is 32.1. The fourth-order valence-corrected chi connectivity index (χ4v) is 3.88. The number of primary amides is 1. The van der Waals surface area contributed by atoms with Crippen molar-refractivity contribution < 1.29 is 23.9 Å². The Bertz CT molecular complexity index is 1140. The van der Waals surface area contributed by atoms with Gasteiger partial charge in [0, 0.05) is 16.1 Å². The van der Waals surface area contributed by atoms with Crippen LogP contribution in [0.25, 0.3) is 10.4 Å². The summed E-state index contributed by atoms with van der Waals surface area (Å²) in [6.45, 7) is 0.816. The van der Waals surface area contributed by atoms with E-state index in [9.17, 15) is 14.4 Å². The van der Waals surface area contributed by atoms with Gasteiger partial charge in [0.1, 0.15) is 13.2 Å². The molecule has 0 fully saturated rings. The number of thiophene rings is 1. The van der Waals surface area contributed by atoms with E-state index in [2.05, 4.69) is 10.6 Å². The van der Waals surface area contributed by atoms with Gasteiger partial charge in [0.15, 0.2) is 11.5 Å². The van der Waals surface area contributed by atoms with Crippen LogP contribution in [0.3, 0.4) is 0 Å². The zero-order valence-corrected chi connectivity index (χ0v) is 17.2. The molecule has 0 atom stereocenters. The van der Waals surface area contributed by atoms with Gasteiger partial charge in [-0.25, -0.2) is 0 Å². The monoisotopic (exact) mass is 437 g/mol. The maximum Gasteiger partial charge on any atom is 0.265 e. The summed E-state index contributed by atoms with van der Waals surface area (Å²) in [5.74, 6) is 0.127. The van der Waals surface area contributed by atoms with Crippen LogP contribution in [-0.2, 0) is 4.79 Å². The first-order chi connectivity index (χ1) is 15.0. The summed E-state index contributed by atoms with van der Waals surface area (Å²) >= 11 is 1.37. The van der Waals surface area contributed by atoms with Gasteiger partial charge >= 0.3 is 0 Å². The van der Waals surface area contributed by atoms with Crippen molar-refractivity contribution in [2.75, 3.05) is 25.1 Å². The first-order valence-corrected chi connectivity index (χ1v) is 10.3. The normalized spacial score (nSPS) is 12.1. The Balaban J connectivity index is 1.41. The number of benzene rings is 2. The van der Waals surface area contributed by atoms with Gasteiger partial charge in [-0.05, 0) is 60.2 Å². The number of hydrogen-bond acceptors (Lipinski definition) is 6. The second-order valence-electron chi connectivity index (χ2n) is 6.70. The average Bonchev–Trinajstić information content (AvgIpc) is 3.28. The molecule has 0 radical (unpaired) electrons. The van der Waals surface area contributed by atoms with Crippen LogP contribution in [0.2, 0.25) is 0 Å². The number of fused-ring (bicyclic) bond motifs is 1. The van der Waals surface area contributed by atoms with Crippen LogP contribution < -0.4 is 25.8 Å². The van der Waals surface area contributed by atoms with E-state index in [1.54, 1.807) is 30.3 Å². The highest BCUT2D eigenvalue weighted by Crippen LogP contribution is 2.37. The SMILES string of the molecule is NC(=O)CNC(=O)c1ccc(NC(=O)c2ccc(-c3ccc4c(c3)OCCO4)s2)cc1. The minimum Gasteiger partial charge on any atom is -0.486 e. The minimum atomic E-state index is -0.621. The number of hydrogen-bond donors (Lipinski definition) is 3. The van der Waals surface area contributed by atoms with E-state index >= 15 is 0 Å². The third-order valence-corrected chi connectivity index (χ3v) is 5.62. The molecule has 0 bridgehead atoms. The summed E-state index contributed by atoms with van der Waals surface area (Å²) in [7, 11) is 0. The van der Waals surface area contributed by atoms with E-state index in [1.807, 2.05) is 24.3 Å². The first-order valence-electron chi connectivity index (χ1n) is 9.47. The van der Waals surface area contributed by atoms with Gasteiger partial charge in [-0.1, -0.05) is 0 Å². The lowest BCUT2D eigenvalue weighted by Gasteiger charge is -2.18. The molecule has 0 unspecified atom stereocenters. The van der Waals surface area contributed by atoms with Gasteiger partial charge < -0.3 is 25.8 Å². The van der Waals surface area contributed by atoms with E-state index in [0.717, 1.165) is 16.2 Å². The molecular formula is C22H19N3O5S. The molecule has 0 saturated carbocycles. The topological polar surface area (TPSA) is 120 Å². The van der Waals surface area contributed by atoms with E-state index < -0.39 is 11.8 Å². The second kappa shape index (κ2) is 8.88. The van der Waals surface area contributed by atoms with Crippen LogP contribution in [0.4, 0.5) is 5.69 Å². The van der Waals surface area contributed by atoms with Crippen molar-refractivity contribution >= 4 is 34.7 Å². The van der Waals surface area contributed by atoms with Crippen LogP contribution in [0.1, 0.15) is 20.0 Å². The highest BCUT2D eigenvalue weighted by Gasteiger charge is 2.15. The number of carbonyl (C=O) groups excluding carboxylic acids is 3. The molecule has 31 heavy (non-hydrogen) atoms. The van der Waals surface area contributed by atoms with Crippen LogP contribution in [0, 0.1) is 0 Å². The lowest BCUT2D eigenvalue weighted by molar-refractivity contribution is -0.117. The molecule has 3 amide bonds. The van der Waals surface area contributed by atoms with Gasteiger partial charge in [-0.15, -0.1) is 11.3 Å².